The lowest BCUT2D eigenvalue weighted by atomic mass is 9.87. The van der Waals surface area contributed by atoms with Gasteiger partial charge in [-0.3, -0.25) is 9.59 Å². The van der Waals surface area contributed by atoms with Crippen LogP contribution in [0.4, 0.5) is 24.5 Å². The lowest BCUT2D eigenvalue weighted by molar-refractivity contribution is -0.122. The van der Waals surface area contributed by atoms with Crippen LogP contribution >= 0.6 is 0 Å². The number of nitrogens with zero attached hydrogens (tertiary/aromatic N) is 4. The van der Waals surface area contributed by atoms with Gasteiger partial charge in [-0.15, -0.1) is 5.10 Å². The van der Waals surface area contributed by atoms with Gasteiger partial charge >= 0.3 is 0 Å². The molecule has 7 nitrogen and oxygen atoms in total. The minimum Gasteiger partial charge on any atom is -0.326 e. The van der Waals surface area contributed by atoms with Gasteiger partial charge in [-0.05, 0) is 95.5 Å². The molecule has 3 aliphatic rings. The Balaban J connectivity index is 0.982. The molecule has 1 fully saturated rings. The van der Waals surface area contributed by atoms with Crippen LogP contribution < -0.4 is 10.2 Å². The van der Waals surface area contributed by atoms with E-state index in [1.165, 1.54) is 45.6 Å². The van der Waals surface area contributed by atoms with Crippen LogP contribution in [0.15, 0.2) is 79.0 Å². The van der Waals surface area contributed by atoms with Crippen LogP contribution in [0.2, 0.25) is 0 Å². The molecule has 1 saturated heterocycles. The highest BCUT2D eigenvalue weighted by Crippen LogP contribution is 2.40. The minimum absolute atomic E-state index is 0.0651. The summed E-state index contributed by atoms with van der Waals surface area (Å²) in [6.07, 6.45) is 4.21. The Bertz CT molecular complexity index is 2060. The average molecular weight is 620 g/mol. The van der Waals surface area contributed by atoms with Gasteiger partial charge in [0.05, 0.1) is 18.2 Å². The lowest BCUT2D eigenvalue weighted by Crippen LogP contribution is -2.28. The van der Waals surface area contributed by atoms with Gasteiger partial charge in [-0.1, -0.05) is 35.5 Å². The van der Waals surface area contributed by atoms with E-state index in [1.807, 2.05) is 30.3 Å². The number of hydrogen-bond acceptors (Lipinski definition) is 4. The topological polar surface area (TPSA) is 80.1 Å². The molecule has 0 radical (unpaired) electrons. The van der Waals surface area contributed by atoms with Gasteiger partial charge < -0.3 is 10.2 Å². The summed E-state index contributed by atoms with van der Waals surface area (Å²) in [6, 6.07) is 20.2. The van der Waals surface area contributed by atoms with Crippen molar-refractivity contribution >= 4 is 23.2 Å². The minimum atomic E-state index is -0.664. The van der Waals surface area contributed by atoms with Crippen LogP contribution in [-0.4, -0.2) is 33.4 Å². The van der Waals surface area contributed by atoms with E-state index in [-0.39, 0.29) is 36.0 Å². The number of carbonyl (C=O) groups excluding carboxylic acids is 2. The highest BCUT2D eigenvalue weighted by atomic mass is 19.1. The molecule has 1 aliphatic heterocycles. The van der Waals surface area contributed by atoms with Gasteiger partial charge in [0, 0.05) is 36.0 Å². The second-order valence-electron chi connectivity index (χ2n) is 12.2. The summed E-state index contributed by atoms with van der Waals surface area (Å²) < 4.78 is 45.0. The summed E-state index contributed by atoms with van der Waals surface area (Å²) in [7, 11) is 0. The first-order chi connectivity index (χ1) is 22.3. The molecule has 1 unspecified atom stereocenters. The van der Waals surface area contributed by atoms with E-state index in [0.29, 0.717) is 36.1 Å². The summed E-state index contributed by atoms with van der Waals surface area (Å²) in [5.74, 6) is -2.86. The monoisotopic (exact) mass is 619 g/mol. The Hall–Kier alpha value is -5.25. The van der Waals surface area contributed by atoms with Gasteiger partial charge in [0.2, 0.25) is 11.8 Å². The van der Waals surface area contributed by atoms with Crippen LogP contribution in [-0.2, 0) is 22.4 Å². The fraction of sp³-hybridized carbons (Fsp3) is 0.222. The van der Waals surface area contributed by atoms with Crippen molar-refractivity contribution in [3.05, 3.63) is 119 Å². The Morgan fingerprint density at radius 1 is 0.891 bits per heavy atom. The third-order valence-corrected chi connectivity index (χ3v) is 9.38. The second-order valence-corrected chi connectivity index (χ2v) is 12.2. The van der Waals surface area contributed by atoms with Crippen molar-refractivity contribution in [2.45, 2.75) is 38.1 Å². The smallest absolute Gasteiger partial charge is 0.229 e. The van der Waals surface area contributed by atoms with E-state index in [2.05, 4.69) is 27.8 Å². The summed E-state index contributed by atoms with van der Waals surface area (Å²) in [5, 5.41) is 11.2. The predicted molar refractivity (Wildman–Crippen MR) is 167 cm³/mol. The molecule has 2 amide bonds. The van der Waals surface area contributed by atoms with Crippen molar-refractivity contribution in [1.29, 1.82) is 0 Å². The molecule has 10 heteroatoms. The summed E-state index contributed by atoms with van der Waals surface area (Å²) >= 11 is 0. The van der Waals surface area contributed by atoms with Gasteiger partial charge in [0.1, 0.15) is 23.1 Å². The zero-order valence-electron chi connectivity index (χ0n) is 24.6. The summed E-state index contributed by atoms with van der Waals surface area (Å²) in [4.78, 5) is 28.0. The molecule has 2 atom stereocenters. The number of halogens is 3. The Morgan fingerprint density at radius 2 is 1.74 bits per heavy atom. The fourth-order valence-corrected chi connectivity index (χ4v) is 7.12. The van der Waals surface area contributed by atoms with E-state index < -0.39 is 29.4 Å². The highest BCUT2D eigenvalue weighted by Gasteiger charge is 2.36. The Morgan fingerprint density at radius 3 is 2.63 bits per heavy atom. The standard InChI is InChI=1S/C36H28F3N5O2/c37-23-15-29-28(32(39)16-23)6-3-7-34(29)44-19-33(41-42-44)30-17-24(8-11-31(30)38)40-36(46)22-14-35(45)43(18-22)25-9-10-27-21(13-25)12-20-4-1-2-5-26(20)27/h1-2,4-5,8-11,13,15-17,19,22,34H,3,6-7,12,14,18H2,(H,40,46)/t22?,34-/m1/s1. The van der Waals surface area contributed by atoms with Crippen molar-refractivity contribution in [3.63, 3.8) is 0 Å². The number of anilines is 2. The van der Waals surface area contributed by atoms with E-state index >= 15 is 4.39 Å². The molecule has 46 heavy (non-hydrogen) atoms. The maximum Gasteiger partial charge on any atom is 0.229 e. The number of benzene rings is 4. The third kappa shape index (κ3) is 4.85. The van der Waals surface area contributed by atoms with Crippen LogP contribution in [0.1, 0.15) is 47.6 Å². The molecule has 1 N–H and O–H groups in total. The van der Waals surface area contributed by atoms with Crippen LogP contribution in [0.5, 0.6) is 0 Å². The van der Waals surface area contributed by atoms with Gasteiger partial charge in [0.15, 0.2) is 0 Å². The SMILES string of the molecule is O=C(Nc1ccc(F)c(-c2cn([C@@H]3CCCc4c(F)cc(F)cc43)nn2)c1)C1CC(=O)N(c2ccc3c(c2)Cc2ccccc2-3)C1. The number of carbonyl (C=O) groups is 2. The Labute approximate surface area is 262 Å². The van der Waals surface area contributed by atoms with Gasteiger partial charge in [-0.25, -0.2) is 17.9 Å². The molecule has 1 aromatic heterocycles. The van der Waals surface area contributed by atoms with Crippen molar-refractivity contribution in [2.24, 2.45) is 5.92 Å². The third-order valence-electron chi connectivity index (χ3n) is 9.38. The molecule has 8 rings (SSSR count). The molecule has 0 spiro atoms. The zero-order chi connectivity index (χ0) is 31.5. The van der Waals surface area contributed by atoms with Gasteiger partial charge in [0.25, 0.3) is 0 Å². The summed E-state index contributed by atoms with van der Waals surface area (Å²) in [6.45, 7) is 0.239. The maximum absolute atomic E-state index is 15.0. The number of nitrogens with one attached hydrogen (secondary N) is 1. The number of amides is 2. The first kappa shape index (κ1) is 28.2. The van der Waals surface area contributed by atoms with E-state index in [4.69, 9.17) is 0 Å². The zero-order valence-corrected chi connectivity index (χ0v) is 24.6. The quantitative estimate of drug-likeness (QED) is 0.229. The van der Waals surface area contributed by atoms with E-state index in [9.17, 15) is 18.4 Å². The number of rotatable bonds is 5. The molecule has 230 valence electrons. The number of aromatic nitrogens is 3. The van der Waals surface area contributed by atoms with Crippen molar-refractivity contribution in [2.75, 3.05) is 16.8 Å². The molecular weight excluding hydrogens is 591 g/mol. The molecule has 2 aliphatic carbocycles. The maximum atomic E-state index is 15.0. The van der Waals surface area contributed by atoms with E-state index in [0.717, 1.165) is 23.7 Å². The number of hydrogen-bond donors (Lipinski definition) is 1. The number of fused-ring (bicyclic) bond motifs is 4. The Kier molecular flexibility index (Phi) is 6.74. The van der Waals surface area contributed by atoms with Crippen molar-refractivity contribution < 1.29 is 22.8 Å². The van der Waals surface area contributed by atoms with Crippen LogP contribution in [0.25, 0.3) is 22.4 Å². The second kappa shape index (κ2) is 11.0. The first-order valence-electron chi connectivity index (χ1n) is 15.3. The van der Waals surface area contributed by atoms with Crippen molar-refractivity contribution in [1.82, 2.24) is 15.0 Å². The molecule has 0 bridgehead atoms. The largest absolute Gasteiger partial charge is 0.326 e. The molecular formula is C36H28F3N5O2. The van der Waals surface area contributed by atoms with Crippen molar-refractivity contribution in [3.8, 4) is 22.4 Å². The highest BCUT2D eigenvalue weighted by molar-refractivity contribution is 6.04. The first-order valence-corrected chi connectivity index (χ1v) is 15.3. The molecule has 0 saturated carbocycles. The molecule has 2 heterocycles. The normalized spacial score (nSPS) is 18.3. The van der Waals surface area contributed by atoms with Crippen LogP contribution in [0, 0.1) is 23.4 Å². The fourth-order valence-electron chi connectivity index (χ4n) is 7.12. The van der Waals surface area contributed by atoms with Gasteiger partial charge in [-0.2, -0.15) is 0 Å². The molecule has 4 aromatic carbocycles. The average Bonchev–Trinajstić information content (AvgIpc) is 3.78. The van der Waals surface area contributed by atoms with E-state index in [1.54, 1.807) is 11.1 Å². The predicted octanol–water partition coefficient (Wildman–Crippen LogP) is 6.85. The summed E-state index contributed by atoms with van der Waals surface area (Å²) in [5.41, 5.74) is 7.21. The molecule has 5 aromatic rings. The lowest BCUT2D eigenvalue weighted by Gasteiger charge is -2.25. The van der Waals surface area contributed by atoms with Crippen LogP contribution in [0.3, 0.4) is 0 Å².